The van der Waals surface area contributed by atoms with E-state index in [1.165, 1.54) is 12.1 Å². The van der Waals surface area contributed by atoms with Gasteiger partial charge in [0.1, 0.15) is 0 Å². The molecule has 0 amide bonds. The monoisotopic (exact) mass is 364 g/mol. The second kappa shape index (κ2) is 7.72. The molecule has 0 aliphatic carbocycles. The summed E-state index contributed by atoms with van der Waals surface area (Å²) in [5, 5.41) is 16.2. The SMILES string of the molecule is NS(=O)(=O)c1ccc(CCNc2nncc(N3CCOCC3)n2)cc1. The second-order valence-electron chi connectivity index (χ2n) is 5.60. The van der Waals surface area contributed by atoms with Crippen LogP contribution in [-0.4, -0.2) is 56.4 Å². The van der Waals surface area contributed by atoms with Crippen molar-refractivity contribution in [1.82, 2.24) is 15.2 Å². The standard InChI is InChI=1S/C15H20N6O3S/c16-25(22,23)13-3-1-12(2-4-13)5-6-17-15-19-14(11-18-20-15)21-7-9-24-10-8-21/h1-4,11H,5-10H2,(H2,16,22,23)(H,17,19,20). The molecule has 1 aliphatic heterocycles. The third-order valence-electron chi connectivity index (χ3n) is 3.83. The van der Waals surface area contributed by atoms with E-state index < -0.39 is 10.0 Å². The van der Waals surface area contributed by atoms with Crippen LogP contribution in [0.2, 0.25) is 0 Å². The number of nitrogens with zero attached hydrogens (tertiary/aromatic N) is 4. The van der Waals surface area contributed by atoms with E-state index >= 15 is 0 Å². The zero-order chi connectivity index (χ0) is 17.7. The zero-order valence-corrected chi connectivity index (χ0v) is 14.4. The van der Waals surface area contributed by atoms with E-state index in [0.717, 1.165) is 24.5 Å². The Morgan fingerprint density at radius 1 is 1.20 bits per heavy atom. The van der Waals surface area contributed by atoms with Crippen molar-refractivity contribution in [3.63, 3.8) is 0 Å². The van der Waals surface area contributed by atoms with Crippen LogP contribution in [0.1, 0.15) is 5.56 Å². The van der Waals surface area contributed by atoms with Gasteiger partial charge in [0.15, 0.2) is 5.82 Å². The first-order chi connectivity index (χ1) is 12.0. The molecule has 0 bridgehead atoms. The minimum absolute atomic E-state index is 0.106. The molecule has 1 fully saturated rings. The lowest BCUT2D eigenvalue weighted by molar-refractivity contribution is 0.122. The highest BCUT2D eigenvalue weighted by Gasteiger charge is 2.13. The average molecular weight is 364 g/mol. The highest BCUT2D eigenvalue weighted by Crippen LogP contribution is 2.13. The van der Waals surface area contributed by atoms with Gasteiger partial charge in [-0.05, 0) is 24.1 Å². The summed E-state index contributed by atoms with van der Waals surface area (Å²) >= 11 is 0. The van der Waals surface area contributed by atoms with E-state index in [0.29, 0.717) is 32.1 Å². The van der Waals surface area contributed by atoms with Gasteiger partial charge in [-0.25, -0.2) is 13.6 Å². The molecule has 3 rings (SSSR count). The van der Waals surface area contributed by atoms with E-state index in [1.54, 1.807) is 18.3 Å². The summed E-state index contributed by atoms with van der Waals surface area (Å²) in [6.07, 6.45) is 2.33. The highest BCUT2D eigenvalue weighted by atomic mass is 32.2. The average Bonchev–Trinajstić information content (AvgIpc) is 2.62. The normalized spacial score (nSPS) is 15.2. The molecule has 0 unspecified atom stereocenters. The summed E-state index contributed by atoms with van der Waals surface area (Å²) in [6.45, 7) is 3.54. The van der Waals surface area contributed by atoms with E-state index in [1.807, 2.05) is 0 Å². The molecule has 0 atom stereocenters. The molecule has 2 aromatic rings. The van der Waals surface area contributed by atoms with Crippen molar-refractivity contribution < 1.29 is 13.2 Å². The molecule has 0 spiro atoms. The van der Waals surface area contributed by atoms with Gasteiger partial charge in [0.2, 0.25) is 16.0 Å². The lowest BCUT2D eigenvalue weighted by atomic mass is 10.1. The number of hydrogen-bond donors (Lipinski definition) is 2. The van der Waals surface area contributed by atoms with Gasteiger partial charge in [0, 0.05) is 19.6 Å². The minimum atomic E-state index is -3.66. The van der Waals surface area contributed by atoms with Crippen molar-refractivity contribution >= 4 is 21.8 Å². The largest absolute Gasteiger partial charge is 0.378 e. The Morgan fingerprint density at radius 2 is 1.92 bits per heavy atom. The molecule has 2 heterocycles. The Bertz CT molecular complexity index is 806. The summed E-state index contributed by atoms with van der Waals surface area (Å²) in [5.41, 5.74) is 0.984. The molecular formula is C15H20N6O3S. The number of aromatic nitrogens is 3. The molecule has 134 valence electrons. The van der Waals surface area contributed by atoms with Crippen molar-refractivity contribution in [2.75, 3.05) is 43.1 Å². The Morgan fingerprint density at radius 3 is 2.60 bits per heavy atom. The van der Waals surface area contributed by atoms with E-state index in [2.05, 4.69) is 25.4 Å². The van der Waals surface area contributed by atoms with Crippen LogP contribution < -0.4 is 15.4 Å². The van der Waals surface area contributed by atoms with Crippen LogP contribution in [-0.2, 0) is 21.2 Å². The van der Waals surface area contributed by atoms with E-state index in [9.17, 15) is 8.42 Å². The van der Waals surface area contributed by atoms with E-state index in [-0.39, 0.29) is 4.90 Å². The van der Waals surface area contributed by atoms with Gasteiger partial charge in [0.05, 0.1) is 24.3 Å². The fraction of sp³-hybridized carbons (Fsp3) is 0.400. The maximum absolute atomic E-state index is 11.2. The van der Waals surface area contributed by atoms with Crippen LogP contribution in [0, 0.1) is 0 Å². The second-order valence-corrected chi connectivity index (χ2v) is 7.16. The van der Waals surface area contributed by atoms with Crippen molar-refractivity contribution in [2.45, 2.75) is 11.3 Å². The van der Waals surface area contributed by atoms with Gasteiger partial charge in [-0.2, -0.15) is 10.1 Å². The van der Waals surface area contributed by atoms with Crippen molar-refractivity contribution in [3.8, 4) is 0 Å². The van der Waals surface area contributed by atoms with Crippen LogP contribution in [0.15, 0.2) is 35.4 Å². The molecular weight excluding hydrogens is 344 g/mol. The number of sulfonamides is 1. The molecule has 1 aromatic carbocycles. The maximum Gasteiger partial charge on any atom is 0.244 e. The number of anilines is 2. The van der Waals surface area contributed by atoms with Crippen LogP contribution in [0.4, 0.5) is 11.8 Å². The topological polar surface area (TPSA) is 123 Å². The van der Waals surface area contributed by atoms with Crippen molar-refractivity contribution in [3.05, 3.63) is 36.0 Å². The molecule has 10 heteroatoms. The van der Waals surface area contributed by atoms with Crippen LogP contribution in [0.5, 0.6) is 0 Å². The quantitative estimate of drug-likeness (QED) is 0.735. The molecule has 9 nitrogen and oxygen atoms in total. The Labute approximate surface area is 146 Å². The predicted octanol–water partition coefficient (Wildman–Crippen LogP) is 0.0102. The Hall–Kier alpha value is -2.30. The maximum atomic E-state index is 11.2. The number of benzene rings is 1. The van der Waals surface area contributed by atoms with Gasteiger partial charge >= 0.3 is 0 Å². The number of nitrogens with one attached hydrogen (secondary N) is 1. The molecule has 1 saturated heterocycles. The number of ether oxygens (including phenoxy) is 1. The van der Waals surface area contributed by atoms with Gasteiger partial charge in [-0.1, -0.05) is 12.1 Å². The van der Waals surface area contributed by atoms with Crippen LogP contribution >= 0.6 is 0 Å². The lowest BCUT2D eigenvalue weighted by Gasteiger charge is -2.27. The van der Waals surface area contributed by atoms with E-state index in [4.69, 9.17) is 9.88 Å². The van der Waals surface area contributed by atoms with Gasteiger partial charge in [-0.3, -0.25) is 0 Å². The lowest BCUT2D eigenvalue weighted by Crippen LogP contribution is -2.37. The summed E-state index contributed by atoms with van der Waals surface area (Å²) in [6, 6.07) is 6.49. The van der Waals surface area contributed by atoms with Crippen molar-refractivity contribution in [2.24, 2.45) is 5.14 Å². The first kappa shape index (κ1) is 17.5. The van der Waals surface area contributed by atoms with Gasteiger partial charge in [-0.15, -0.1) is 5.10 Å². The summed E-state index contributed by atoms with van der Waals surface area (Å²) in [5.74, 6) is 1.24. The van der Waals surface area contributed by atoms with Crippen molar-refractivity contribution in [1.29, 1.82) is 0 Å². The fourth-order valence-electron chi connectivity index (χ4n) is 2.48. The summed E-state index contributed by atoms with van der Waals surface area (Å²) < 4.78 is 27.8. The minimum Gasteiger partial charge on any atom is -0.378 e. The summed E-state index contributed by atoms with van der Waals surface area (Å²) in [4.78, 5) is 6.68. The first-order valence-corrected chi connectivity index (χ1v) is 9.45. The molecule has 1 aromatic heterocycles. The molecule has 3 N–H and O–H groups in total. The van der Waals surface area contributed by atoms with Gasteiger partial charge in [0.25, 0.3) is 0 Å². The highest BCUT2D eigenvalue weighted by molar-refractivity contribution is 7.89. The molecule has 0 radical (unpaired) electrons. The molecule has 25 heavy (non-hydrogen) atoms. The first-order valence-electron chi connectivity index (χ1n) is 7.90. The number of rotatable bonds is 6. The third kappa shape index (κ3) is 4.84. The Balaban J connectivity index is 1.55. The zero-order valence-electron chi connectivity index (χ0n) is 13.6. The van der Waals surface area contributed by atoms with Crippen LogP contribution in [0.25, 0.3) is 0 Å². The molecule has 0 saturated carbocycles. The van der Waals surface area contributed by atoms with Gasteiger partial charge < -0.3 is 15.0 Å². The molecule has 1 aliphatic rings. The predicted molar refractivity (Wildman–Crippen MR) is 92.9 cm³/mol. The third-order valence-corrected chi connectivity index (χ3v) is 4.76. The summed E-state index contributed by atoms with van der Waals surface area (Å²) in [7, 11) is -3.66. The number of morpholine rings is 1. The number of hydrogen-bond acceptors (Lipinski definition) is 8. The van der Waals surface area contributed by atoms with Crippen LogP contribution in [0.3, 0.4) is 0 Å². The Kier molecular flexibility index (Phi) is 5.41. The number of nitrogens with two attached hydrogens (primary N) is 1. The number of primary sulfonamides is 1. The smallest absolute Gasteiger partial charge is 0.244 e. The fourth-order valence-corrected chi connectivity index (χ4v) is 2.99.